The second-order valence-electron chi connectivity index (χ2n) is 5.02. The number of hydrogen-bond donors (Lipinski definition) is 2. The fourth-order valence-electron chi connectivity index (χ4n) is 2.07. The van der Waals surface area contributed by atoms with Crippen molar-refractivity contribution in [1.29, 1.82) is 0 Å². The van der Waals surface area contributed by atoms with Crippen molar-refractivity contribution in [3.63, 3.8) is 0 Å². The van der Waals surface area contributed by atoms with Gasteiger partial charge in [-0.15, -0.1) is 0 Å². The van der Waals surface area contributed by atoms with Gasteiger partial charge in [-0.25, -0.2) is 0 Å². The minimum absolute atomic E-state index is 0.334. The molecule has 1 unspecified atom stereocenters. The maximum absolute atomic E-state index is 8.67. The third-order valence-corrected chi connectivity index (χ3v) is 3.29. The molecule has 1 aromatic carbocycles. The standard InChI is InChI=1S/C16H27NO/c1-15(17-13-7-2-3-8-14-18)11-12-16-9-5-4-6-10-16/h4-6,9-10,15,17-18H,2-3,7-8,11-14H2,1H3. The summed E-state index contributed by atoms with van der Waals surface area (Å²) in [7, 11) is 0. The van der Waals surface area contributed by atoms with Gasteiger partial charge in [-0.05, 0) is 44.7 Å². The molecular formula is C16H27NO. The molecule has 0 saturated carbocycles. The van der Waals surface area contributed by atoms with Crippen LogP contribution in [0, 0.1) is 0 Å². The third kappa shape index (κ3) is 7.46. The first-order chi connectivity index (χ1) is 8.83. The lowest BCUT2D eigenvalue weighted by Crippen LogP contribution is -2.27. The Morgan fingerprint density at radius 3 is 2.50 bits per heavy atom. The Labute approximate surface area is 111 Å². The zero-order chi connectivity index (χ0) is 13.1. The second-order valence-corrected chi connectivity index (χ2v) is 5.02. The number of aliphatic hydroxyl groups excluding tert-OH is 1. The first-order valence-corrected chi connectivity index (χ1v) is 7.21. The van der Waals surface area contributed by atoms with E-state index in [1.807, 2.05) is 0 Å². The molecule has 18 heavy (non-hydrogen) atoms. The molecule has 0 radical (unpaired) electrons. The first kappa shape index (κ1) is 15.2. The first-order valence-electron chi connectivity index (χ1n) is 7.21. The second kappa shape index (κ2) is 10.1. The van der Waals surface area contributed by atoms with Gasteiger partial charge in [-0.2, -0.15) is 0 Å². The van der Waals surface area contributed by atoms with Crippen molar-refractivity contribution in [1.82, 2.24) is 5.32 Å². The van der Waals surface area contributed by atoms with Crippen molar-refractivity contribution in [2.45, 2.75) is 51.5 Å². The van der Waals surface area contributed by atoms with Crippen LogP contribution in [0.3, 0.4) is 0 Å². The molecule has 0 saturated heterocycles. The highest BCUT2D eigenvalue weighted by Gasteiger charge is 2.01. The number of aryl methyl sites for hydroxylation is 1. The van der Waals surface area contributed by atoms with Crippen LogP contribution in [0.4, 0.5) is 0 Å². The van der Waals surface area contributed by atoms with Crippen LogP contribution in [0.1, 0.15) is 44.6 Å². The summed E-state index contributed by atoms with van der Waals surface area (Å²) in [6.45, 7) is 3.69. The summed E-state index contributed by atoms with van der Waals surface area (Å²) < 4.78 is 0. The SMILES string of the molecule is CC(CCc1ccccc1)NCCCCCCO. The van der Waals surface area contributed by atoms with E-state index in [1.54, 1.807) is 0 Å². The maximum atomic E-state index is 8.67. The summed E-state index contributed by atoms with van der Waals surface area (Å²) >= 11 is 0. The van der Waals surface area contributed by atoms with Crippen LogP contribution in [-0.4, -0.2) is 24.3 Å². The molecule has 1 rings (SSSR count). The van der Waals surface area contributed by atoms with E-state index in [9.17, 15) is 0 Å². The Morgan fingerprint density at radius 2 is 1.78 bits per heavy atom. The Morgan fingerprint density at radius 1 is 1.06 bits per heavy atom. The molecule has 2 nitrogen and oxygen atoms in total. The fraction of sp³-hybridized carbons (Fsp3) is 0.625. The van der Waals surface area contributed by atoms with E-state index in [0.29, 0.717) is 12.6 Å². The van der Waals surface area contributed by atoms with E-state index in [1.165, 1.54) is 24.8 Å². The Hall–Kier alpha value is -0.860. The molecule has 0 amide bonds. The van der Waals surface area contributed by atoms with Gasteiger partial charge >= 0.3 is 0 Å². The van der Waals surface area contributed by atoms with Gasteiger partial charge in [0.05, 0.1) is 0 Å². The summed E-state index contributed by atoms with van der Waals surface area (Å²) in [6, 6.07) is 11.3. The summed E-state index contributed by atoms with van der Waals surface area (Å²) in [5.41, 5.74) is 1.43. The number of hydrogen-bond acceptors (Lipinski definition) is 2. The lowest BCUT2D eigenvalue weighted by atomic mass is 10.1. The molecule has 0 heterocycles. The summed E-state index contributed by atoms with van der Waals surface area (Å²) in [6.07, 6.45) is 6.88. The summed E-state index contributed by atoms with van der Waals surface area (Å²) in [4.78, 5) is 0. The maximum Gasteiger partial charge on any atom is 0.0431 e. The minimum Gasteiger partial charge on any atom is -0.396 e. The molecule has 2 heteroatoms. The van der Waals surface area contributed by atoms with Gasteiger partial charge in [0, 0.05) is 12.6 Å². The van der Waals surface area contributed by atoms with Gasteiger partial charge < -0.3 is 10.4 Å². The van der Waals surface area contributed by atoms with Crippen LogP contribution in [0.15, 0.2) is 30.3 Å². The van der Waals surface area contributed by atoms with E-state index in [4.69, 9.17) is 5.11 Å². The minimum atomic E-state index is 0.334. The van der Waals surface area contributed by atoms with E-state index in [0.717, 1.165) is 25.8 Å². The zero-order valence-corrected chi connectivity index (χ0v) is 11.6. The highest BCUT2D eigenvalue weighted by molar-refractivity contribution is 5.14. The molecule has 1 aromatic rings. The molecule has 102 valence electrons. The van der Waals surface area contributed by atoms with Crippen molar-refractivity contribution in [3.8, 4) is 0 Å². The van der Waals surface area contributed by atoms with Crippen LogP contribution in [0.2, 0.25) is 0 Å². The summed E-state index contributed by atoms with van der Waals surface area (Å²) in [5.74, 6) is 0. The van der Waals surface area contributed by atoms with Crippen LogP contribution in [0.25, 0.3) is 0 Å². The molecule has 0 aliphatic carbocycles. The third-order valence-electron chi connectivity index (χ3n) is 3.29. The number of benzene rings is 1. The van der Waals surface area contributed by atoms with Crippen molar-refractivity contribution >= 4 is 0 Å². The van der Waals surface area contributed by atoms with Gasteiger partial charge in [-0.3, -0.25) is 0 Å². The Kier molecular flexibility index (Phi) is 8.53. The molecule has 0 aliphatic rings. The number of unbranched alkanes of at least 4 members (excludes halogenated alkanes) is 3. The van der Waals surface area contributed by atoms with Crippen molar-refractivity contribution in [3.05, 3.63) is 35.9 Å². The number of nitrogens with one attached hydrogen (secondary N) is 1. The van der Waals surface area contributed by atoms with Gasteiger partial charge in [-0.1, -0.05) is 43.2 Å². The molecule has 0 aliphatic heterocycles. The van der Waals surface area contributed by atoms with Gasteiger partial charge in [0.25, 0.3) is 0 Å². The molecular weight excluding hydrogens is 222 g/mol. The predicted octanol–water partition coefficient (Wildman–Crippen LogP) is 3.15. The van der Waals surface area contributed by atoms with E-state index in [-0.39, 0.29) is 0 Å². The lowest BCUT2D eigenvalue weighted by Gasteiger charge is -2.13. The lowest BCUT2D eigenvalue weighted by molar-refractivity contribution is 0.282. The topological polar surface area (TPSA) is 32.3 Å². The monoisotopic (exact) mass is 249 g/mol. The number of aliphatic hydroxyl groups is 1. The average molecular weight is 249 g/mol. The van der Waals surface area contributed by atoms with Crippen molar-refractivity contribution in [2.75, 3.05) is 13.2 Å². The fourth-order valence-corrected chi connectivity index (χ4v) is 2.07. The van der Waals surface area contributed by atoms with Gasteiger partial charge in [0.2, 0.25) is 0 Å². The Bertz CT molecular complexity index is 286. The normalized spacial score (nSPS) is 12.6. The van der Waals surface area contributed by atoms with E-state index >= 15 is 0 Å². The summed E-state index contributed by atoms with van der Waals surface area (Å²) in [5, 5.41) is 12.2. The van der Waals surface area contributed by atoms with E-state index in [2.05, 4.69) is 42.6 Å². The smallest absolute Gasteiger partial charge is 0.0431 e. The average Bonchev–Trinajstić information content (AvgIpc) is 2.41. The van der Waals surface area contributed by atoms with Gasteiger partial charge in [0.1, 0.15) is 0 Å². The quantitative estimate of drug-likeness (QED) is 0.624. The largest absolute Gasteiger partial charge is 0.396 e. The molecule has 2 N–H and O–H groups in total. The molecule has 0 spiro atoms. The van der Waals surface area contributed by atoms with Crippen LogP contribution in [-0.2, 0) is 6.42 Å². The molecule has 1 atom stereocenters. The van der Waals surface area contributed by atoms with Gasteiger partial charge in [0.15, 0.2) is 0 Å². The van der Waals surface area contributed by atoms with E-state index < -0.39 is 0 Å². The van der Waals surface area contributed by atoms with Crippen LogP contribution >= 0.6 is 0 Å². The molecule has 0 fully saturated rings. The highest BCUT2D eigenvalue weighted by atomic mass is 16.2. The highest BCUT2D eigenvalue weighted by Crippen LogP contribution is 2.05. The molecule has 0 aromatic heterocycles. The molecule has 0 bridgehead atoms. The van der Waals surface area contributed by atoms with Crippen molar-refractivity contribution < 1.29 is 5.11 Å². The van der Waals surface area contributed by atoms with Crippen LogP contribution in [0.5, 0.6) is 0 Å². The van der Waals surface area contributed by atoms with Crippen molar-refractivity contribution in [2.24, 2.45) is 0 Å². The predicted molar refractivity (Wildman–Crippen MR) is 77.8 cm³/mol. The number of rotatable bonds is 10. The van der Waals surface area contributed by atoms with Crippen LogP contribution < -0.4 is 5.32 Å². The zero-order valence-electron chi connectivity index (χ0n) is 11.6. The Balaban J connectivity index is 1.99.